The zero-order chi connectivity index (χ0) is 25.5. The number of hydrogen-bond donors (Lipinski definition) is 3. The molecule has 0 bridgehead atoms. The minimum Gasteiger partial charge on any atom is -0.475 e. The zero-order valence-electron chi connectivity index (χ0n) is 18.7. The lowest BCUT2D eigenvalue weighted by Gasteiger charge is -2.22. The van der Waals surface area contributed by atoms with Crippen molar-refractivity contribution in [3.8, 4) is 0 Å². The molecule has 0 spiro atoms. The van der Waals surface area contributed by atoms with Crippen LogP contribution in [0.15, 0.2) is 42.0 Å². The number of pyridine rings is 1. The minimum absolute atomic E-state index is 0.0384. The van der Waals surface area contributed by atoms with Crippen molar-refractivity contribution in [2.75, 3.05) is 32.1 Å². The van der Waals surface area contributed by atoms with Crippen molar-refractivity contribution in [3.63, 3.8) is 0 Å². The molecule has 1 amide bonds. The molecule has 12 heteroatoms. The van der Waals surface area contributed by atoms with Crippen molar-refractivity contribution in [2.45, 2.75) is 37.7 Å². The fraction of sp³-hybridized carbons (Fsp3) is 0.500. The van der Waals surface area contributed by atoms with Gasteiger partial charge in [-0.15, -0.1) is 13.2 Å². The van der Waals surface area contributed by atoms with E-state index >= 15 is 0 Å². The molecule has 1 saturated carbocycles. The van der Waals surface area contributed by atoms with E-state index in [1.54, 1.807) is 6.08 Å². The Labute approximate surface area is 204 Å². The number of rotatable bonds is 10. The SMILES string of the molecule is C=CCOCc1ccc(Br)nc1NC(=O)[C@@H]1C[C@@]2(CN(C)CC=C)C[C@H]2N1.O=C(O)C(F)(F)F. The van der Waals surface area contributed by atoms with Crippen LogP contribution in [0.3, 0.4) is 0 Å². The first-order chi connectivity index (χ1) is 15.9. The molecule has 0 radical (unpaired) electrons. The van der Waals surface area contributed by atoms with E-state index in [1.807, 2.05) is 18.2 Å². The molecule has 0 unspecified atom stereocenters. The minimum atomic E-state index is -5.08. The van der Waals surface area contributed by atoms with E-state index in [0.29, 0.717) is 29.7 Å². The molecule has 2 fully saturated rings. The molecule has 34 heavy (non-hydrogen) atoms. The smallest absolute Gasteiger partial charge is 0.475 e. The first kappa shape index (κ1) is 28.0. The van der Waals surface area contributed by atoms with E-state index in [4.69, 9.17) is 14.6 Å². The number of carboxylic acid groups (broad SMARTS) is 1. The molecule has 1 aromatic heterocycles. The van der Waals surface area contributed by atoms with E-state index in [0.717, 1.165) is 31.5 Å². The highest BCUT2D eigenvalue weighted by Gasteiger charge is 2.61. The standard InChI is InChI=1S/C20H27BrN4O2.C2HF3O2/c1-4-8-25(3)13-20-10-15(22-16(20)11-20)19(26)24-18-14(12-27-9-5-2)6-7-17(21)23-18;3-2(4,5)1(6)7/h4-7,15-16,22H,1-2,8-13H2,3H3,(H,23,24,26);(H,6,7)/t15-,16+,20-;/m0./s1. The third-order valence-electron chi connectivity index (χ3n) is 5.47. The Morgan fingerprint density at radius 1 is 1.38 bits per heavy atom. The Balaban J connectivity index is 0.000000509. The van der Waals surface area contributed by atoms with Gasteiger partial charge in [0.15, 0.2) is 0 Å². The summed E-state index contributed by atoms with van der Waals surface area (Å²) in [4.78, 5) is 28.4. The predicted octanol–water partition coefficient (Wildman–Crippen LogP) is 3.36. The predicted molar refractivity (Wildman–Crippen MR) is 124 cm³/mol. The molecule has 1 aliphatic heterocycles. The average molecular weight is 549 g/mol. The van der Waals surface area contributed by atoms with Gasteiger partial charge in [-0.05, 0) is 41.9 Å². The number of carbonyl (C=O) groups excluding carboxylic acids is 1. The van der Waals surface area contributed by atoms with Crippen LogP contribution in [-0.2, 0) is 20.9 Å². The Kier molecular flexibility index (Phi) is 9.80. The van der Waals surface area contributed by atoms with Crippen molar-refractivity contribution in [1.82, 2.24) is 15.2 Å². The molecule has 1 aliphatic carbocycles. The first-order valence-electron chi connectivity index (χ1n) is 10.4. The monoisotopic (exact) mass is 548 g/mol. The number of aromatic nitrogens is 1. The molecule has 2 aliphatic rings. The van der Waals surface area contributed by atoms with Gasteiger partial charge < -0.3 is 25.4 Å². The maximum Gasteiger partial charge on any atom is 0.490 e. The van der Waals surface area contributed by atoms with Crippen molar-refractivity contribution in [3.05, 3.63) is 47.6 Å². The molecule has 0 aromatic carbocycles. The fourth-order valence-corrected chi connectivity index (χ4v) is 4.20. The van der Waals surface area contributed by atoms with Gasteiger partial charge in [0.25, 0.3) is 0 Å². The van der Waals surface area contributed by atoms with Crippen LogP contribution in [0.1, 0.15) is 18.4 Å². The highest BCUT2D eigenvalue weighted by Crippen LogP contribution is 2.54. The van der Waals surface area contributed by atoms with Crippen molar-refractivity contribution in [1.29, 1.82) is 0 Å². The van der Waals surface area contributed by atoms with Gasteiger partial charge in [0, 0.05) is 30.1 Å². The van der Waals surface area contributed by atoms with Crippen molar-refractivity contribution < 1.29 is 32.6 Å². The number of ether oxygens (including phenoxy) is 1. The largest absolute Gasteiger partial charge is 0.490 e. The second kappa shape index (κ2) is 11.9. The quantitative estimate of drug-likeness (QED) is 0.234. The van der Waals surface area contributed by atoms with Gasteiger partial charge in [-0.3, -0.25) is 4.79 Å². The molecular formula is C22H28BrF3N4O4. The lowest BCUT2D eigenvalue weighted by atomic mass is 9.98. The van der Waals surface area contributed by atoms with Crippen LogP contribution in [0.4, 0.5) is 19.0 Å². The van der Waals surface area contributed by atoms with Gasteiger partial charge in [-0.25, -0.2) is 9.78 Å². The number of likely N-dealkylation sites (N-methyl/N-ethyl adjacent to an activating group) is 1. The number of aliphatic carboxylic acids is 1. The molecule has 3 rings (SSSR count). The van der Waals surface area contributed by atoms with Gasteiger partial charge in [0.1, 0.15) is 10.4 Å². The number of halogens is 4. The summed E-state index contributed by atoms with van der Waals surface area (Å²) in [5.74, 6) is -2.25. The first-order valence-corrected chi connectivity index (χ1v) is 11.2. The van der Waals surface area contributed by atoms with Crippen LogP contribution in [0, 0.1) is 5.41 Å². The van der Waals surface area contributed by atoms with Gasteiger partial charge in [-0.2, -0.15) is 13.2 Å². The maximum atomic E-state index is 12.8. The van der Waals surface area contributed by atoms with E-state index < -0.39 is 12.1 Å². The van der Waals surface area contributed by atoms with Crippen LogP contribution < -0.4 is 10.6 Å². The van der Waals surface area contributed by atoms with Gasteiger partial charge in [0.2, 0.25) is 5.91 Å². The highest BCUT2D eigenvalue weighted by atomic mass is 79.9. The van der Waals surface area contributed by atoms with E-state index in [9.17, 15) is 18.0 Å². The number of carboxylic acids is 1. The third-order valence-corrected chi connectivity index (χ3v) is 5.91. The fourth-order valence-electron chi connectivity index (χ4n) is 3.89. The highest BCUT2D eigenvalue weighted by molar-refractivity contribution is 9.10. The number of carbonyl (C=O) groups is 2. The Morgan fingerprint density at radius 3 is 2.65 bits per heavy atom. The second-order valence-electron chi connectivity index (χ2n) is 8.27. The van der Waals surface area contributed by atoms with Gasteiger partial charge in [-0.1, -0.05) is 18.2 Å². The molecule has 3 atom stereocenters. The van der Waals surface area contributed by atoms with Gasteiger partial charge in [0.05, 0.1) is 19.3 Å². The molecule has 188 valence electrons. The van der Waals surface area contributed by atoms with Crippen LogP contribution in [0.25, 0.3) is 0 Å². The van der Waals surface area contributed by atoms with Crippen LogP contribution in [0.2, 0.25) is 0 Å². The molecule has 1 saturated heterocycles. The Bertz CT molecular complexity index is 915. The number of alkyl halides is 3. The Morgan fingerprint density at radius 2 is 2.06 bits per heavy atom. The summed E-state index contributed by atoms with van der Waals surface area (Å²) in [6, 6.07) is 3.98. The summed E-state index contributed by atoms with van der Waals surface area (Å²) >= 11 is 3.37. The van der Waals surface area contributed by atoms with Crippen LogP contribution in [0.5, 0.6) is 0 Å². The topological polar surface area (TPSA) is 104 Å². The normalized spacial score (nSPS) is 22.9. The number of amides is 1. The Hall–Kier alpha value is -2.28. The summed E-state index contributed by atoms with van der Waals surface area (Å²) < 4.78 is 37.9. The lowest BCUT2D eigenvalue weighted by Crippen LogP contribution is -2.38. The zero-order valence-corrected chi connectivity index (χ0v) is 20.3. The molecular weight excluding hydrogens is 521 g/mol. The summed E-state index contributed by atoms with van der Waals surface area (Å²) in [6.45, 7) is 10.1. The lowest BCUT2D eigenvalue weighted by molar-refractivity contribution is -0.192. The summed E-state index contributed by atoms with van der Waals surface area (Å²) in [5.41, 5.74) is 1.05. The van der Waals surface area contributed by atoms with Crippen LogP contribution >= 0.6 is 15.9 Å². The summed E-state index contributed by atoms with van der Waals surface area (Å²) in [5, 5.41) is 13.6. The van der Waals surface area contributed by atoms with E-state index in [2.05, 4.69) is 56.7 Å². The van der Waals surface area contributed by atoms with E-state index in [-0.39, 0.29) is 17.4 Å². The number of nitrogens with zero attached hydrogens (tertiary/aromatic N) is 2. The summed E-state index contributed by atoms with van der Waals surface area (Å²) in [7, 11) is 2.10. The molecule has 2 heterocycles. The number of hydrogen-bond acceptors (Lipinski definition) is 6. The van der Waals surface area contributed by atoms with Crippen molar-refractivity contribution in [2.24, 2.45) is 5.41 Å². The van der Waals surface area contributed by atoms with Crippen LogP contribution in [-0.4, -0.2) is 71.9 Å². The maximum absolute atomic E-state index is 12.8. The number of nitrogens with one attached hydrogen (secondary N) is 2. The number of fused-ring (bicyclic) bond motifs is 1. The average Bonchev–Trinajstić information content (AvgIpc) is 3.27. The number of anilines is 1. The summed E-state index contributed by atoms with van der Waals surface area (Å²) in [6.07, 6.45) is 0.507. The van der Waals surface area contributed by atoms with Gasteiger partial charge >= 0.3 is 12.1 Å². The second-order valence-corrected chi connectivity index (χ2v) is 9.08. The third kappa shape index (κ3) is 7.90. The molecule has 3 N–H and O–H groups in total. The molecule has 1 aromatic rings. The molecule has 8 nitrogen and oxygen atoms in total. The van der Waals surface area contributed by atoms with E-state index in [1.165, 1.54) is 0 Å². The van der Waals surface area contributed by atoms with Crippen molar-refractivity contribution >= 4 is 33.6 Å². The number of piperidine rings is 1.